The van der Waals surface area contributed by atoms with Crippen molar-refractivity contribution in [3.05, 3.63) is 65.3 Å². The monoisotopic (exact) mass is 407 g/mol. The number of benzene rings is 2. The van der Waals surface area contributed by atoms with Crippen molar-refractivity contribution in [2.75, 3.05) is 12.5 Å². The highest BCUT2D eigenvalue weighted by Crippen LogP contribution is 2.24. The quantitative estimate of drug-likeness (QED) is 0.479. The molecule has 1 aromatic heterocycles. The summed E-state index contributed by atoms with van der Waals surface area (Å²) in [6.07, 6.45) is 1.71. The Labute approximate surface area is 153 Å². The number of ether oxygens (including phenoxy) is 1. The van der Waals surface area contributed by atoms with Crippen molar-refractivity contribution in [3.63, 3.8) is 0 Å². The second kappa shape index (κ2) is 8.56. The lowest BCUT2D eigenvalue weighted by molar-refractivity contribution is 0.415. The number of halogens is 2. The van der Waals surface area contributed by atoms with Gasteiger partial charge in [-0.1, -0.05) is 0 Å². The molecule has 7 heteroatoms. The molecule has 0 atom stereocenters. The van der Waals surface area contributed by atoms with E-state index >= 15 is 0 Å². The Balaban J connectivity index is 0.00000208. The third-order valence-corrected chi connectivity index (χ3v) is 3.88. The van der Waals surface area contributed by atoms with Crippen LogP contribution in [0.2, 0.25) is 0 Å². The summed E-state index contributed by atoms with van der Waals surface area (Å²) in [6, 6.07) is 13.8. The van der Waals surface area contributed by atoms with E-state index in [1.807, 2.05) is 29.6 Å². The maximum absolute atomic E-state index is 12.9. The smallest absolute Gasteiger partial charge is 0.203 e. The maximum Gasteiger partial charge on any atom is 0.203 e. The molecule has 124 valence electrons. The second-order valence-electron chi connectivity index (χ2n) is 4.69. The van der Waals surface area contributed by atoms with Crippen LogP contribution in [0.15, 0.2) is 59.0 Å². The molecule has 1 heterocycles. The van der Waals surface area contributed by atoms with Crippen molar-refractivity contribution in [3.8, 4) is 17.0 Å². The number of hydrogen-bond acceptors (Lipinski definition) is 5. The first-order valence-corrected chi connectivity index (χ1v) is 7.77. The first kappa shape index (κ1) is 18.1. The van der Waals surface area contributed by atoms with Gasteiger partial charge in [-0.15, -0.1) is 28.3 Å². The van der Waals surface area contributed by atoms with Crippen molar-refractivity contribution in [1.29, 1.82) is 0 Å². The van der Waals surface area contributed by atoms with E-state index in [2.05, 4.69) is 15.5 Å². The van der Waals surface area contributed by atoms with Crippen molar-refractivity contribution in [2.45, 2.75) is 0 Å². The fourth-order valence-corrected chi connectivity index (χ4v) is 2.60. The Morgan fingerprint density at radius 1 is 1.12 bits per heavy atom. The van der Waals surface area contributed by atoms with Gasteiger partial charge >= 0.3 is 0 Å². The molecule has 0 fully saturated rings. The molecule has 4 nitrogen and oxygen atoms in total. The van der Waals surface area contributed by atoms with E-state index in [0.717, 1.165) is 22.6 Å². The molecule has 0 spiro atoms. The summed E-state index contributed by atoms with van der Waals surface area (Å²) in [6.45, 7) is 0. The van der Waals surface area contributed by atoms with Gasteiger partial charge < -0.3 is 4.74 Å². The van der Waals surface area contributed by atoms with Crippen molar-refractivity contribution < 1.29 is 9.13 Å². The molecule has 0 aliphatic rings. The molecule has 0 amide bonds. The van der Waals surface area contributed by atoms with Crippen LogP contribution in [0.3, 0.4) is 0 Å². The number of thiazole rings is 1. The Morgan fingerprint density at radius 3 is 2.50 bits per heavy atom. The molecular formula is C17H15BrFN3OS. The number of hydrogen-bond donors (Lipinski definition) is 1. The zero-order chi connectivity index (χ0) is 16.1. The van der Waals surface area contributed by atoms with E-state index in [-0.39, 0.29) is 22.8 Å². The van der Waals surface area contributed by atoms with Gasteiger partial charge in [0.2, 0.25) is 5.13 Å². The normalized spacial score (nSPS) is 10.4. The lowest BCUT2D eigenvalue weighted by Gasteiger charge is -1.99. The van der Waals surface area contributed by atoms with Crippen LogP contribution in [0.25, 0.3) is 11.3 Å². The van der Waals surface area contributed by atoms with Gasteiger partial charge in [0.05, 0.1) is 19.0 Å². The molecule has 0 unspecified atom stereocenters. The number of nitrogens with one attached hydrogen (secondary N) is 1. The van der Waals surface area contributed by atoms with E-state index in [4.69, 9.17) is 4.74 Å². The zero-order valence-corrected chi connectivity index (χ0v) is 15.3. The summed E-state index contributed by atoms with van der Waals surface area (Å²) < 4.78 is 18.0. The fraction of sp³-hybridized carbons (Fsp3) is 0.0588. The van der Waals surface area contributed by atoms with Crippen molar-refractivity contribution >= 4 is 39.7 Å². The van der Waals surface area contributed by atoms with Crippen LogP contribution < -0.4 is 10.2 Å². The number of methoxy groups -OCH3 is 1. The largest absolute Gasteiger partial charge is 0.497 e. The maximum atomic E-state index is 12.9. The number of hydrazone groups is 1. The molecule has 3 rings (SSSR count). The predicted octanol–water partition coefficient (Wildman–Crippen LogP) is 4.98. The first-order valence-electron chi connectivity index (χ1n) is 6.89. The molecule has 0 aliphatic carbocycles. The third kappa shape index (κ3) is 4.62. The second-order valence-corrected chi connectivity index (χ2v) is 5.55. The molecular weight excluding hydrogens is 393 g/mol. The van der Waals surface area contributed by atoms with E-state index in [0.29, 0.717) is 5.13 Å². The summed E-state index contributed by atoms with van der Waals surface area (Å²) in [4.78, 5) is 4.42. The van der Waals surface area contributed by atoms with Crippen LogP contribution in [0.1, 0.15) is 5.56 Å². The van der Waals surface area contributed by atoms with Gasteiger partial charge in [0.25, 0.3) is 0 Å². The standard InChI is InChI=1S/C17H14FN3OS.BrH/c1-22-15-8-2-12(3-9-15)10-19-21-17-20-16(11-23-17)13-4-6-14(18)7-5-13;/h2-11H,1H3,(H,20,21);1H/b19-10+;. The van der Waals surface area contributed by atoms with Gasteiger partial charge in [0.15, 0.2) is 0 Å². The lowest BCUT2D eigenvalue weighted by Crippen LogP contribution is -1.90. The number of aromatic nitrogens is 1. The molecule has 24 heavy (non-hydrogen) atoms. The number of rotatable bonds is 5. The Bertz CT molecular complexity index is 803. The highest BCUT2D eigenvalue weighted by atomic mass is 79.9. The minimum absolute atomic E-state index is 0. The van der Waals surface area contributed by atoms with Gasteiger partial charge in [-0.25, -0.2) is 9.37 Å². The summed E-state index contributed by atoms with van der Waals surface area (Å²) in [5.41, 5.74) is 5.51. The lowest BCUT2D eigenvalue weighted by atomic mass is 10.2. The molecule has 2 aromatic carbocycles. The van der Waals surface area contributed by atoms with Gasteiger partial charge in [0, 0.05) is 10.9 Å². The minimum Gasteiger partial charge on any atom is -0.497 e. The van der Waals surface area contributed by atoms with Crippen LogP contribution in [-0.2, 0) is 0 Å². The molecule has 0 aliphatic heterocycles. The topological polar surface area (TPSA) is 46.5 Å². The highest BCUT2D eigenvalue weighted by molar-refractivity contribution is 8.93. The minimum atomic E-state index is -0.258. The molecule has 0 saturated carbocycles. The molecule has 0 radical (unpaired) electrons. The third-order valence-electron chi connectivity index (χ3n) is 3.13. The predicted molar refractivity (Wildman–Crippen MR) is 102 cm³/mol. The van der Waals surface area contributed by atoms with Gasteiger partial charge in [-0.3, -0.25) is 5.43 Å². The average molecular weight is 408 g/mol. The van der Waals surface area contributed by atoms with Crippen LogP contribution in [0, 0.1) is 5.82 Å². The molecule has 0 bridgehead atoms. The van der Waals surface area contributed by atoms with Crippen LogP contribution in [-0.4, -0.2) is 18.3 Å². The average Bonchev–Trinajstić information content (AvgIpc) is 3.05. The first-order chi connectivity index (χ1) is 11.2. The van der Waals surface area contributed by atoms with E-state index in [9.17, 15) is 4.39 Å². The van der Waals surface area contributed by atoms with Crippen LogP contribution >= 0.6 is 28.3 Å². The SMILES string of the molecule is Br.COc1ccc(/C=N/Nc2nc(-c3ccc(F)cc3)cs2)cc1. The van der Waals surface area contributed by atoms with E-state index < -0.39 is 0 Å². The fourth-order valence-electron chi connectivity index (χ4n) is 1.93. The van der Waals surface area contributed by atoms with Crippen LogP contribution in [0.5, 0.6) is 5.75 Å². The summed E-state index contributed by atoms with van der Waals surface area (Å²) in [5, 5.41) is 6.74. The van der Waals surface area contributed by atoms with Crippen LogP contribution in [0.4, 0.5) is 9.52 Å². The van der Waals surface area contributed by atoms with Crippen molar-refractivity contribution in [1.82, 2.24) is 4.98 Å². The van der Waals surface area contributed by atoms with Gasteiger partial charge in [0.1, 0.15) is 11.6 Å². The molecule has 3 aromatic rings. The summed E-state index contributed by atoms with van der Waals surface area (Å²) in [7, 11) is 1.63. The highest BCUT2D eigenvalue weighted by Gasteiger charge is 2.03. The molecule has 0 saturated heterocycles. The van der Waals surface area contributed by atoms with E-state index in [1.165, 1.54) is 23.5 Å². The number of anilines is 1. The summed E-state index contributed by atoms with van der Waals surface area (Å²) in [5.74, 6) is 0.547. The Morgan fingerprint density at radius 2 is 1.83 bits per heavy atom. The molecule has 1 N–H and O–H groups in total. The zero-order valence-electron chi connectivity index (χ0n) is 12.8. The van der Waals surface area contributed by atoms with Gasteiger partial charge in [-0.2, -0.15) is 5.10 Å². The van der Waals surface area contributed by atoms with Crippen molar-refractivity contribution in [2.24, 2.45) is 5.10 Å². The van der Waals surface area contributed by atoms with E-state index in [1.54, 1.807) is 25.5 Å². The van der Waals surface area contributed by atoms with Gasteiger partial charge in [-0.05, 0) is 54.1 Å². The Hall–Kier alpha value is -2.25. The Kier molecular flexibility index (Phi) is 6.45. The number of nitrogens with zero attached hydrogens (tertiary/aromatic N) is 2. The summed E-state index contributed by atoms with van der Waals surface area (Å²) >= 11 is 1.44.